The molecular weight excluding hydrogens is 557 g/mol. The van der Waals surface area contributed by atoms with Crippen molar-refractivity contribution in [1.82, 2.24) is 0 Å². The molecule has 0 N–H and O–H groups in total. The van der Waals surface area contributed by atoms with Gasteiger partial charge in [0.05, 0.1) is 34.0 Å². The fourth-order valence-corrected chi connectivity index (χ4v) is 11.0. The molecule has 2 unspecified atom stereocenters. The summed E-state index contributed by atoms with van der Waals surface area (Å²) in [6, 6.07) is 32.4. The molecule has 3 heterocycles. The number of hydrogen-bond acceptors (Lipinski definition) is 5. The second kappa shape index (κ2) is 9.62. The Morgan fingerprint density at radius 2 is 1.45 bits per heavy atom. The van der Waals surface area contributed by atoms with Gasteiger partial charge in [0.25, 0.3) is 0 Å². The molecule has 0 radical (unpaired) electrons. The quantitative estimate of drug-likeness (QED) is 0.218. The summed E-state index contributed by atoms with van der Waals surface area (Å²) in [7, 11) is 3.44. The first-order chi connectivity index (χ1) is 20.6. The Morgan fingerprint density at radius 1 is 0.762 bits per heavy atom. The minimum atomic E-state index is -0.451. The van der Waals surface area contributed by atoms with Crippen LogP contribution in [0.1, 0.15) is 34.2 Å². The molecular formula is C37H30O3S2. The minimum absolute atomic E-state index is 0.186. The van der Waals surface area contributed by atoms with E-state index in [1.807, 2.05) is 29.6 Å². The van der Waals surface area contributed by atoms with Crippen molar-refractivity contribution in [3.8, 4) is 17.2 Å². The number of rotatable bonds is 5. The van der Waals surface area contributed by atoms with Crippen LogP contribution in [0.4, 0.5) is 0 Å². The molecule has 3 aliphatic heterocycles. The molecule has 2 atom stereocenters. The van der Waals surface area contributed by atoms with Gasteiger partial charge in [-0.05, 0) is 70.8 Å². The van der Waals surface area contributed by atoms with Crippen LogP contribution >= 0.6 is 23.5 Å². The summed E-state index contributed by atoms with van der Waals surface area (Å²) < 4.78 is 17.5. The number of benzene rings is 4. The standard InChI is InChI=1S/C37H30O3S2/c1-38-29-15-11-27(12-16-29)35(28-13-17-30(39-2)18-14-28)21-6-22-36-31-19-9-26-10-20-32(25-7-4-3-5-8-25)40-33(26)34(31)42-37(35,36)23-24-41-36/h3-9,11-21,23-24H,10,22H2,1-2H3. The van der Waals surface area contributed by atoms with E-state index in [0.717, 1.165) is 41.4 Å². The van der Waals surface area contributed by atoms with Gasteiger partial charge in [0.2, 0.25) is 0 Å². The Labute approximate surface area is 255 Å². The maximum Gasteiger partial charge on any atom is 0.144 e. The van der Waals surface area contributed by atoms with Gasteiger partial charge >= 0.3 is 0 Å². The lowest BCUT2D eigenvalue weighted by Crippen LogP contribution is -2.57. The third kappa shape index (κ3) is 3.38. The van der Waals surface area contributed by atoms with Gasteiger partial charge in [-0.1, -0.05) is 85.0 Å². The van der Waals surface area contributed by atoms with E-state index in [0.29, 0.717) is 0 Å². The van der Waals surface area contributed by atoms with Crippen LogP contribution in [0.3, 0.4) is 0 Å². The van der Waals surface area contributed by atoms with E-state index in [4.69, 9.17) is 14.2 Å². The van der Waals surface area contributed by atoms with Crippen molar-refractivity contribution in [2.24, 2.45) is 0 Å². The molecule has 1 aliphatic carbocycles. The molecule has 4 aliphatic rings. The van der Waals surface area contributed by atoms with E-state index in [1.54, 1.807) is 14.2 Å². The van der Waals surface area contributed by atoms with Crippen molar-refractivity contribution in [1.29, 1.82) is 0 Å². The molecule has 5 heteroatoms. The van der Waals surface area contributed by atoms with Gasteiger partial charge < -0.3 is 14.2 Å². The second-order valence-electron chi connectivity index (χ2n) is 11.1. The van der Waals surface area contributed by atoms with Crippen molar-refractivity contribution in [3.63, 3.8) is 0 Å². The summed E-state index contributed by atoms with van der Waals surface area (Å²) in [6.07, 6.45) is 11.3. The maximum atomic E-state index is 6.82. The average molecular weight is 587 g/mol. The molecule has 8 rings (SSSR count). The van der Waals surface area contributed by atoms with Gasteiger partial charge in [-0.2, -0.15) is 0 Å². The smallest absolute Gasteiger partial charge is 0.144 e. The highest BCUT2D eigenvalue weighted by Gasteiger charge is 2.70. The Bertz CT molecular complexity index is 1730. The third-order valence-corrected chi connectivity index (χ3v) is 12.5. The highest BCUT2D eigenvalue weighted by Crippen LogP contribution is 2.77. The van der Waals surface area contributed by atoms with Gasteiger partial charge in [-0.3, -0.25) is 0 Å². The summed E-state index contributed by atoms with van der Waals surface area (Å²) in [5.41, 5.74) is 5.74. The van der Waals surface area contributed by atoms with Crippen molar-refractivity contribution in [2.75, 3.05) is 14.2 Å². The van der Waals surface area contributed by atoms with Gasteiger partial charge in [0, 0.05) is 5.56 Å². The molecule has 0 saturated carbocycles. The topological polar surface area (TPSA) is 27.7 Å². The summed E-state index contributed by atoms with van der Waals surface area (Å²) in [6.45, 7) is 0. The minimum Gasteiger partial charge on any atom is -0.497 e. The molecule has 0 spiro atoms. The number of thioether (sulfide) groups is 2. The second-order valence-corrected chi connectivity index (χ2v) is 13.6. The van der Waals surface area contributed by atoms with Crippen LogP contribution in [0.5, 0.6) is 17.2 Å². The van der Waals surface area contributed by atoms with Crippen molar-refractivity contribution < 1.29 is 14.2 Å². The predicted octanol–water partition coefficient (Wildman–Crippen LogP) is 8.93. The predicted molar refractivity (Wildman–Crippen MR) is 173 cm³/mol. The summed E-state index contributed by atoms with van der Waals surface area (Å²) >= 11 is 3.94. The lowest BCUT2D eigenvalue weighted by atomic mass is 9.56. The number of allylic oxidation sites excluding steroid dienone is 3. The Hall–Kier alpha value is -3.80. The number of methoxy groups -OCH3 is 2. The molecule has 42 heavy (non-hydrogen) atoms. The Balaban J connectivity index is 1.34. The normalized spacial score (nSPS) is 24.1. The third-order valence-electron chi connectivity index (χ3n) is 9.29. The van der Waals surface area contributed by atoms with Crippen molar-refractivity contribution >= 4 is 29.3 Å². The van der Waals surface area contributed by atoms with Gasteiger partial charge in [0.15, 0.2) is 0 Å². The van der Waals surface area contributed by atoms with Crippen LogP contribution in [0.2, 0.25) is 0 Å². The van der Waals surface area contributed by atoms with Crippen molar-refractivity contribution in [2.45, 2.75) is 32.6 Å². The largest absolute Gasteiger partial charge is 0.497 e. The summed E-state index contributed by atoms with van der Waals surface area (Å²) in [5.74, 6) is 3.66. The van der Waals surface area contributed by atoms with Crippen LogP contribution in [0.15, 0.2) is 126 Å². The molecule has 0 amide bonds. The van der Waals surface area contributed by atoms with Gasteiger partial charge in [-0.15, -0.1) is 23.5 Å². The zero-order chi connectivity index (χ0) is 28.4. The van der Waals surface area contributed by atoms with E-state index >= 15 is 0 Å². The number of hydrogen-bond donors (Lipinski definition) is 0. The first-order valence-electron chi connectivity index (χ1n) is 14.3. The molecule has 0 aromatic heterocycles. The fourth-order valence-electron chi connectivity index (χ4n) is 7.30. The van der Waals surface area contributed by atoms with Crippen molar-refractivity contribution in [3.05, 3.63) is 149 Å². The van der Waals surface area contributed by atoms with E-state index < -0.39 is 5.41 Å². The van der Waals surface area contributed by atoms with E-state index in [9.17, 15) is 0 Å². The average Bonchev–Trinajstić information content (AvgIpc) is 3.59. The SMILES string of the molecule is COc1ccc(C2(c3ccc(OC)cc3)C=CCC34SC=CC32Sc2c4ccc3c2OC(c2ccccc2)=CC3)cc1. The number of fused-ring (bicyclic) bond motifs is 3. The molecule has 0 saturated heterocycles. The number of ether oxygens (including phenoxy) is 3. The molecule has 4 aromatic rings. The summed E-state index contributed by atoms with van der Waals surface area (Å²) in [5, 5.41) is 2.33. The fraction of sp³-hybridized carbons (Fsp3) is 0.189. The molecule has 0 fully saturated rings. The Morgan fingerprint density at radius 3 is 2.12 bits per heavy atom. The van der Waals surface area contributed by atoms with Crippen LogP contribution < -0.4 is 14.2 Å². The van der Waals surface area contributed by atoms with E-state index in [1.165, 1.54) is 27.1 Å². The van der Waals surface area contributed by atoms with Gasteiger partial charge in [0.1, 0.15) is 23.0 Å². The molecule has 4 aromatic carbocycles. The van der Waals surface area contributed by atoms with E-state index in [-0.39, 0.29) is 9.49 Å². The highest BCUT2D eigenvalue weighted by atomic mass is 32.2. The molecule has 208 valence electrons. The first kappa shape index (κ1) is 25.9. The molecule has 3 nitrogen and oxygen atoms in total. The van der Waals surface area contributed by atoms with Crippen LogP contribution in [0.25, 0.3) is 5.76 Å². The highest BCUT2D eigenvalue weighted by molar-refractivity contribution is 8.07. The zero-order valence-electron chi connectivity index (χ0n) is 23.5. The zero-order valence-corrected chi connectivity index (χ0v) is 25.1. The lowest BCUT2D eigenvalue weighted by Gasteiger charge is -2.54. The maximum absolute atomic E-state index is 6.82. The van der Waals surface area contributed by atoms with Crippen LogP contribution in [0, 0.1) is 0 Å². The van der Waals surface area contributed by atoms with Gasteiger partial charge in [-0.25, -0.2) is 0 Å². The van der Waals surface area contributed by atoms with Crippen LogP contribution in [-0.2, 0) is 16.6 Å². The Kier molecular flexibility index (Phi) is 5.92. The summed E-state index contributed by atoms with van der Waals surface area (Å²) in [4.78, 5) is 1.26. The first-order valence-corrected chi connectivity index (χ1v) is 15.9. The molecule has 0 bridgehead atoms. The van der Waals surface area contributed by atoms with E-state index in [2.05, 4.69) is 115 Å². The lowest BCUT2D eigenvalue weighted by molar-refractivity contribution is 0.385. The monoisotopic (exact) mass is 586 g/mol. The van der Waals surface area contributed by atoms with Crippen LogP contribution in [-0.4, -0.2) is 19.0 Å².